The van der Waals surface area contributed by atoms with Crippen molar-refractivity contribution in [2.45, 2.75) is 19.4 Å². The Balaban J connectivity index is 2.17. The van der Waals surface area contributed by atoms with Gasteiger partial charge in [0.05, 0.1) is 5.69 Å². The number of aromatic nitrogens is 3. The fraction of sp³-hybridized carbons (Fsp3) is 0.333. The number of halogens is 1. The lowest BCUT2D eigenvalue weighted by molar-refractivity contribution is 0.691. The molecule has 1 heterocycles. The highest BCUT2D eigenvalue weighted by atomic mass is 79.9. The van der Waals surface area contributed by atoms with E-state index in [-0.39, 0.29) is 6.04 Å². The first-order valence-electron chi connectivity index (χ1n) is 5.43. The molecular weight excluding hydrogens is 280 g/mol. The number of hydrogen-bond acceptors (Lipinski definition) is 3. The summed E-state index contributed by atoms with van der Waals surface area (Å²) in [6.45, 7) is 2.07. The van der Waals surface area contributed by atoms with Crippen LogP contribution in [0, 0.1) is 6.92 Å². The zero-order valence-corrected chi connectivity index (χ0v) is 11.5. The first-order valence-corrected chi connectivity index (χ1v) is 6.22. The first-order chi connectivity index (χ1) is 8.06. The minimum atomic E-state index is -0.0419. The van der Waals surface area contributed by atoms with Gasteiger partial charge in [-0.2, -0.15) is 0 Å². The summed E-state index contributed by atoms with van der Waals surface area (Å²) in [6, 6.07) is 6.10. The van der Waals surface area contributed by atoms with E-state index < -0.39 is 0 Å². The van der Waals surface area contributed by atoms with Crippen LogP contribution in [0.3, 0.4) is 0 Å². The van der Waals surface area contributed by atoms with E-state index in [0.717, 1.165) is 15.7 Å². The van der Waals surface area contributed by atoms with Crippen LogP contribution < -0.4 is 5.73 Å². The van der Waals surface area contributed by atoms with Gasteiger partial charge in [0.2, 0.25) is 0 Å². The Morgan fingerprint density at radius 3 is 2.82 bits per heavy atom. The highest BCUT2D eigenvalue weighted by molar-refractivity contribution is 9.10. The van der Waals surface area contributed by atoms with E-state index in [1.807, 2.05) is 19.3 Å². The molecule has 0 saturated heterocycles. The topological polar surface area (TPSA) is 56.7 Å². The van der Waals surface area contributed by atoms with Crippen molar-refractivity contribution >= 4 is 15.9 Å². The van der Waals surface area contributed by atoms with E-state index in [0.29, 0.717) is 6.42 Å². The molecule has 0 amide bonds. The molecule has 2 aromatic rings. The van der Waals surface area contributed by atoms with Crippen LogP contribution in [0.1, 0.15) is 22.9 Å². The van der Waals surface area contributed by atoms with Gasteiger partial charge in [0.25, 0.3) is 0 Å². The van der Waals surface area contributed by atoms with Crippen molar-refractivity contribution in [3.63, 3.8) is 0 Å². The predicted octanol–water partition coefficient (Wildman–Crippen LogP) is 2.13. The lowest BCUT2D eigenvalue weighted by Crippen LogP contribution is -2.14. The fourth-order valence-electron chi connectivity index (χ4n) is 1.88. The molecule has 0 radical (unpaired) electrons. The second-order valence-corrected chi connectivity index (χ2v) is 5.11. The molecule has 0 saturated carbocycles. The zero-order valence-electron chi connectivity index (χ0n) is 9.89. The van der Waals surface area contributed by atoms with Crippen LogP contribution >= 0.6 is 15.9 Å². The van der Waals surface area contributed by atoms with Crippen molar-refractivity contribution in [3.8, 4) is 0 Å². The molecule has 1 aromatic carbocycles. The van der Waals surface area contributed by atoms with Crippen LogP contribution in [-0.4, -0.2) is 15.0 Å². The quantitative estimate of drug-likeness (QED) is 0.943. The number of hydrogen-bond donors (Lipinski definition) is 1. The van der Waals surface area contributed by atoms with Gasteiger partial charge in [-0.3, -0.25) is 4.68 Å². The molecule has 2 rings (SSSR count). The lowest BCUT2D eigenvalue weighted by Gasteiger charge is -2.13. The van der Waals surface area contributed by atoms with Crippen molar-refractivity contribution in [3.05, 3.63) is 45.7 Å². The summed E-state index contributed by atoms with van der Waals surface area (Å²) in [5, 5.41) is 7.96. The fourth-order valence-corrected chi connectivity index (χ4v) is 2.35. The maximum atomic E-state index is 6.19. The minimum Gasteiger partial charge on any atom is -0.324 e. The zero-order chi connectivity index (χ0) is 12.4. The van der Waals surface area contributed by atoms with Crippen LogP contribution in [0.2, 0.25) is 0 Å². The van der Waals surface area contributed by atoms with Crippen molar-refractivity contribution in [2.24, 2.45) is 12.8 Å². The Labute approximate surface area is 109 Å². The monoisotopic (exact) mass is 294 g/mol. The standard InChI is InChI=1S/C12H15BrN4/c1-8-5-9(13)3-4-11(8)12(14)6-10-7-17(2)16-15-10/h3-5,7,12H,6,14H2,1-2H3. The van der Waals surface area contributed by atoms with E-state index in [4.69, 9.17) is 5.73 Å². The molecule has 0 aliphatic rings. The summed E-state index contributed by atoms with van der Waals surface area (Å²) in [4.78, 5) is 0. The van der Waals surface area contributed by atoms with Crippen molar-refractivity contribution in [1.29, 1.82) is 0 Å². The van der Waals surface area contributed by atoms with Crippen LogP contribution in [0.5, 0.6) is 0 Å². The molecule has 0 aliphatic carbocycles. The largest absolute Gasteiger partial charge is 0.324 e. The summed E-state index contributed by atoms with van der Waals surface area (Å²) >= 11 is 3.45. The highest BCUT2D eigenvalue weighted by Crippen LogP contribution is 2.22. The van der Waals surface area contributed by atoms with E-state index in [9.17, 15) is 0 Å². The van der Waals surface area contributed by atoms with E-state index in [1.165, 1.54) is 5.56 Å². The molecule has 90 valence electrons. The molecule has 0 aliphatic heterocycles. The summed E-state index contributed by atoms with van der Waals surface area (Å²) in [5.41, 5.74) is 9.46. The molecule has 0 spiro atoms. The molecule has 1 atom stereocenters. The normalized spacial score (nSPS) is 12.7. The second kappa shape index (κ2) is 4.98. The Bertz CT molecular complexity index is 521. The van der Waals surface area contributed by atoms with E-state index in [2.05, 4.69) is 45.3 Å². The van der Waals surface area contributed by atoms with E-state index >= 15 is 0 Å². The Morgan fingerprint density at radius 2 is 2.24 bits per heavy atom. The molecule has 17 heavy (non-hydrogen) atoms. The van der Waals surface area contributed by atoms with Gasteiger partial charge in [0, 0.05) is 30.2 Å². The number of rotatable bonds is 3. The number of aryl methyl sites for hydroxylation is 2. The summed E-state index contributed by atoms with van der Waals surface area (Å²) in [5.74, 6) is 0. The summed E-state index contributed by atoms with van der Waals surface area (Å²) in [7, 11) is 1.85. The van der Waals surface area contributed by atoms with Crippen molar-refractivity contribution in [2.75, 3.05) is 0 Å². The van der Waals surface area contributed by atoms with Gasteiger partial charge >= 0.3 is 0 Å². The molecule has 2 N–H and O–H groups in total. The van der Waals surface area contributed by atoms with Gasteiger partial charge in [-0.05, 0) is 30.2 Å². The van der Waals surface area contributed by atoms with Gasteiger partial charge in [-0.1, -0.05) is 27.2 Å². The molecular formula is C12H15BrN4. The molecule has 0 fully saturated rings. The van der Waals surface area contributed by atoms with Crippen molar-refractivity contribution in [1.82, 2.24) is 15.0 Å². The highest BCUT2D eigenvalue weighted by Gasteiger charge is 2.11. The van der Waals surface area contributed by atoms with Crippen LogP contribution in [0.15, 0.2) is 28.9 Å². The van der Waals surface area contributed by atoms with Gasteiger partial charge < -0.3 is 5.73 Å². The average molecular weight is 295 g/mol. The molecule has 5 heteroatoms. The second-order valence-electron chi connectivity index (χ2n) is 4.20. The lowest BCUT2D eigenvalue weighted by atomic mass is 9.99. The third-order valence-corrected chi connectivity index (χ3v) is 3.20. The summed E-state index contributed by atoms with van der Waals surface area (Å²) in [6.07, 6.45) is 2.60. The Kier molecular flexibility index (Phi) is 3.59. The van der Waals surface area contributed by atoms with Crippen LogP contribution in [0.4, 0.5) is 0 Å². The predicted molar refractivity (Wildman–Crippen MR) is 70.5 cm³/mol. The third-order valence-electron chi connectivity index (χ3n) is 2.71. The SMILES string of the molecule is Cc1cc(Br)ccc1C(N)Cc1cn(C)nn1. The Hall–Kier alpha value is -1.20. The first kappa shape index (κ1) is 12.3. The van der Waals surface area contributed by atoms with Gasteiger partial charge in [0.15, 0.2) is 0 Å². The Morgan fingerprint density at radius 1 is 1.47 bits per heavy atom. The maximum Gasteiger partial charge on any atom is 0.0845 e. The smallest absolute Gasteiger partial charge is 0.0845 e. The van der Waals surface area contributed by atoms with Gasteiger partial charge in [0.1, 0.15) is 0 Å². The number of nitrogens with zero attached hydrogens (tertiary/aromatic N) is 3. The number of nitrogens with two attached hydrogens (primary N) is 1. The number of benzene rings is 1. The third kappa shape index (κ3) is 2.92. The molecule has 1 unspecified atom stereocenters. The minimum absolute atomic E-state index is 0.0419. The molecule has 1 aromatic heterocycles. The van der Waals surface area contributed by atoms with E-state index in [1.54, 1.807) is 4.68 Å². The van der Waals surface area contributed by atoms with Crippen molar-refractivity contribution < 1.29 is 0 Å². The van der Waals surface area contributed by atoms with Gasteiger partial charge in [-0.15, -0.1) is 5.10 Å². The summed E-state index contributed by atoms with van der Waals surface area (Å²) < 4.78 is 2.77. The average Bonchev–Trinajstić information content (AvgIpc) is 2.63. The van der Waals surface area contributed by atoms with Crippen LogP contribution in [-0.2, 0) is 13.5 Å². The van der Waals surface area contributed by atoms with Crippen LogP contribution in [0.25, 0.3) is 0 Å². The molecule has 4 nitrogen and oxygen atoms in total. The maximum absolute atomic E-state index is 6.19. The van der Waals surface area contributed by atoms with Gasteiger partial charge in [-0.25, -0.2) is 0 Å². The molecule has 0 bridgehead atoms.